The van der Waals surface area contributed by atoms with E-state index in [-0.39, 0.29) is 12.5 Å². The smallest absolute Gasteiger partial charge is 0.251 e. The third kappa shape index (κ3) is 4.26. The van der Waals surface area contributed by atoms with Gasteiger partial charge < -0.3 is 10.4 Å². The van der Waals surface area contributed by atoms with Crippen molar-refractivity contribution in [3.05, 3.63) is 95.8 Å². The van der Waals surface area contributed by atoms with Gasteiger partial charge in [-0.1, -0.05) is 60.2 Å². The van der Waals surface area contributed by atoms with Gasteiger partial charge in [0.25, 0.3) is 5.91 Å². The monoisotopic (exact) mass is 399 g/mol. The average molecular weight is 399 g/mol. The first kappa shape index (κ1) is 19.5. The van der Waals surface area contributed by atoms with Crippen LogP contribution in [0.25, 0.3) is 16.8 Å². The Morgan fingerprint density at radius 2 is 1.80 bits per heavy atom. The highest BCUT2D eigenvalue weighted by atomic mass is 16.3. The number of nitrogens with one attached hydrogen (secondary N) is 1. The molecule has 7 heteroatoms. The van der Waals surface area contributed by atoms with E-state index < -0.39 is 6.04 Å². The van der Waals surface area contributed by atoms with E-state index in [1.807, 2.05) is 73.7 Å². The van der Waals surface area contributed by atoms with Gasteiger partial charge in [0.05, 0.1) is 18.3 Å². The van der Waals surface area contributed by atoms with Crippen LogP contribution in [0.1, 0.15) is 27.5 Å². The van der Waals surface area contributed by atoms with Crippen LogP contribution >= 0.6 is 0 Å². The van der Waals surface area contributed by atoms with Crippen LogP contribution in [-0.2, 0) is 0 Å². The van der Waals surface area contributed by atoms with Crippen LogP contribution in [0.2, 0.25) is 0 Å². The zero-order valence-corrected chi connectivity index (χ0v) is 16.4. The summed E-state index contributed by atoms with van der Waals surface area (Å²) in [5, 5.41) is 24.0. The number of aryl methyl sites for hydroxylation is 1. The van der Waals surface area contributed by atoms with Crippen LogP contribution in [0.15, 0.2) is 79.1 Å². The zero-order valence-electron chi connectivity index (χ0n) is 16.4. The van der Waals surface area contributed by atoms with E-state index in [1.165, 1.54) is 11.0 Å². The standard InChI is InChI=1S/C23H21N5O2/c1-16-7-9-17(10-8-16)19-11-20(13-21(12-19)28-15-24-26-27-28)23(30)25-22(14-29)18-5-3-2-4-6-18/h2-13,15,22,29H,14H2,1H3,(H,25,30)/t22-/m1/s1. The van der Waals surface area contributed by atoms with Gasteiger partial charge in [0.15, 0.2) is 0 Å². The van der Waals surface area contributed by atoms with Crippen LogP contribution in [0.4, 0.5) is 0 Å². The number of rotatable bonds is 6. The molecule has 1 aromatic heterocycles. The molecule has 0 spiro atoms. The summed E-state index contributed by atoms with van der Waals surface area (Å²) in [4.78, 5) is 13.1. The van der Waals surface area contributed by atoms with E-state index >= 15 is 0 Å². The molecule has 0 saturated carbocycles. The molecule has 30 heavy (non-hydrogen) atoms. The van der Waals surface area contributed by atoms with Gasteiger partial charge in [0, 0.05) is 5.56 Å². The van der Waals surface area contributed by atoms with Crippen molar-refractivity contribution in [2.24, 2.45) is 0 Å². The first-order valence-corrected chi connectivity index (χ1v) is 9.56. The molecule has 0 aliphatic heterocycles. The predicted molar refractivity (Wildman–Crippen MR) is 113 cm³/mol. The van der Waals surface area contributed by atoms with Crippen molar-refractivity contribution in [3.63, 3.8) is 0 Å². The molecule has 0 fully saturated rings. The molecular formula is C23H21N5O2. The quantitative estimate of drug-likeness (QED) is 0.520. The number of tetrazole rings is 1. The van der Waals surface area contributed by atoms with Gasteiger partial charge in [-0.25, -0.2) is 4.68 Å². The van der Waals surface area contributed by atoms with E-state index in [0.29, 0.717) is 11.3 Å². The number of carbonyl (C=O) groups excluding carboxylic acids is 1. The van der Waals surface area contributed by atoms with E-state index in [9.17, 15) is 9.90 Å². The number of hydrogen-bond acceptors (Lipinski definition) is 5. The SMILES string of the molecule is Cc1ccc(-c2cc(C(=O)N[C@H](CO)c3ccccc3)cc(-n3cnnn3)c2)cc1. The summed E-state index contributed by atoms with van der Waals surface area (Å²) < 4.78 is 1.51. The molecular weight excluding hydrogens is 378 g/mol. The summed E-state index contributed by atoms with van der Waals surface area (Å²) >= 11 is 0. The first-order valence-electron chi connectivity index (χ1n) is 9.56. The highest BCUT2D eigenvalue weighted by Crippen LogP contribution is 2.25. The Kier molecular flexibility index (Phi) is 5.63. The van der Waals surface area contributed by atoms with E-state index in [2.05, 4.69) is 20.8 Å². The van der Waals surface area contributed by atoms with Gasteiger partial charge in [-0.2, -0.15) is 0 Å². The maximum absolute atomic E-state index is 13.1. The van der Waals surface area contributed by atoms with Gasteiger partial charge >= 0.3 is 0 Å². The minimum Gasteiger partial charge on any atom is -0.394 e. The minimum absolute atomic E-state index is 0.201. The Balaban J connectivity index is 1.71. The van der Waals surface area contributed by atoms with Crippen LogP contribution in [0.5, 0.6) is 0 Å². The largest absolute Gasteiger partial charge is 0.394 e. The molecule has 0 saturated heterocycles. The summed E-state index contributed by atoms with van der Waals surface area (Å²) in [6.07, 6.45) is 1.48. The van der Waals surface area contributed by atoms with Gasteiger partial charge in [-0.3, -0.25) is 4.79 Å². The van der Waals surface area contributed by atoms with E-state index in [4.69, 9.17) is 0 Å². The van der Waals surface area contributed by atoms with Crippen LogP contribution in [-0.4, -0.2) is 37.8 Å². The molecule has 0 aliphatic carbocycles. The second-order valence-electron chi connectivity index (χ2n) is 7.01. The molecule has 0 radical (unpaired) electrons. The van der Waals surface area contributed by atoms with Crippen molar-refractivity contribution in [2.75, 3.05) is 6.61 Å². The van der Waals surface area contributed by atoms with Gasteiger partial charge in [0.2, 0.25) is 0 Å². The highest BCUT2D eigenvalue weighted by molar-refractivity contribution is 5.96. The molecule has 3 aromatic carbocycles. The number of nitrogens with zero attached hydrogens (tertiary/aromatic N) is 4. The number of aliphatic hydroxyl groups is 1. The van der Waals surface area contributed by atoms with Crippen molar-refractivity contribution in [3.8, 4) is 16.8 Å². The fourth-order valence-corrected chi connectivity index (χ4v) is 3.23. The fourth-order valence-electron chi connectivity index (χ4n) is 3.23. The summed E-state index contributed by atoms with van der Waals surface area (Å²) in [6, 6.07) is 22.4. The maximum atomic E-state index is 13.1. The van der Waals surface area contributed by atoms with Crippen LogP contribution in [0.3, 0.4) is 0 Å². The van der Waals surface area contributed by atoms with Gasteiger partial charge in [-0.05, 0) is 52.2 Å². The fraction of sp³-hybridized carbons (Fsp3) is 0.130. The number of aromatic nitrogens is 4. The Labute approximate surface area is 174 Å². The second-order valence-corrected chi connectivity index (χ2v) is 7.01. The van der Waals surface area contributed by atoms with Crippen LogP contribution in [0, 0.1) is 6.92 Å². The summed E-state index contributed by atoms with van der Waals surface area (Å²) in [5.41, 5.74) is 4.96. The number of benzene rings is 3. The maximum Gasteiger partial charge on any atom is 0.251 e. The molecule has 0 unspecified atom stereocenters. The third-order valence-corrected chi connectivity index (χ3v) is 4.87. The van der Waals surface area contributed by atoms with Crippen molar-refractivity contribution in [1.29, 1.82) is 0 Å². The van der Waals surface area contributed by atoms with E-state index in [0.717, 1.165) is 22.3 Å². The Bertz CT molecular complexity index is 1130. The summed E-state index contributed by atoms with van der Waals surface area (Å²) in [7, 11) is 0. The second kappa shape index (κ2) is 8.67. The van der Waals surface area contributed by atoms with Crippen molar-refractivity contribution < 1.29 is 9.90 Å². The minimum atomic E-state index is -0.502. The van der Waals surface area contributed by atoms with Gasteiger partial charge in [-0.15, -0.1) is 5.10 Å². The molecule has 150 valence electrons. The van der Waals surface area contributed by atoms with Crippen molar-refractivity contribution in [2.45, 2.75) is 13.0 Å². The Morgan fingerprint density at radius 1 is 1.03 bits per heavy atom. The lowest BCUT2D eigenvalue weighted by molar-refractivity contribution is 0.0916. The lowest BCUT2D eigenvalue weighted by atomic mass is 10.00. The molecule has 1 atom stereocenters. The molecule has 0 aliphatic rings. The number of amides is 1. The Morgan fingerprint density at radius 3 is 2.47 bits per heavy atom. The normalized spacial score (nSPS) is 11.8. The van der Waals surface area contributed by atoms with E-state index in [1.54, 1.807) is 6.07 Å². The summed E-state index contributed by atoms with van der Waals surface area (Å²) in [5.74, 6) is -0.291. The number of aliphatic hydroxyl groups excluding tert-OH is 1. The van der Waals surface area contributed by atoms with Crippen molar-refractivity contribution >= 4 is 5.91 Å². The number of carbonyl (C=O) groups is 1. The highest BCUT2D eigenvalue weighted by Gasteiger charge is 2.17. The van der Waals surface area contributed by atoms with Crippen molar-refractivity contribution in [1.82, 2.24) is 25.5 Å². The molecule has 1 heterocycles. The zero-order chi connectivity index (χ0) is 20.9. The molecule has 7 nitrogen and oxygen atoms in total. The first-order chi connectivity index (χ1) is 14.6. The van der Waals surface area contributed by atoms with Crippen LogP contribution < -0.4 is 5.32 Å². The molecule has 2 N–H and O–H groups in total. The van der Waals surface area contributed by atoms with Gasteiger partial charge in [0.1, 0.15) is 6.33 Å². The lowest BCUT2D eigenvalue weighted by Gasteiger charge is -2.17. The Hall–Kier alpha value is -3.84. The third-order valence-electron chi connectivity index (χ3n) is 4.87. The predicted octanol–water partition coefficient (Wildman–Crippen LogP) is 3.10. The molecule has 4 rings (SSSR count). The summed E-state index contributed by atoms with van der Waals surface area (Å²) in [6.45, 7) is 1.83. The molecule has 1 amide bonds. The average Bonchev–Trinajstić information content (AvgIpc) is 3.33. The lowest BCUT2D eigenvalue weighted by Crippen LogP contribution is -2.30. The topological polar surface area (TPSA) is 92.9 Å². The molecule has 4 aromatic rings. The molecule has 0 bridgehead atoms. The number of hydrogen-bond donors (Lipinski definition) is 2.